The number of hydrogen-bond donors (Lipinski definition) is 3. The van der Waals surface area contributed by atoms with Crippen LogP contribution in [0.5, 0.6) is 0 Å². The first-order valence-corrected chi connectivity index (χ1v) is 5.31. The number of aliphatic hydroxyl groups excluding tert-OH is 3. The Kier molecular flexibility index (Phi) is 7.53. The molecule has 0 saturated carbocycles. The van der Waals surface area contributed by atoms with Gasteiger partial charge in [0.15, 0.2) is 5.79 Å². The zero-order valence-electron chi connectivity index (χ0n) is 9.93. The normalized spacial score (nSPS) is 18.8. The summed E-state index contributed by atoms with van der Waals surface area (Å²) in [5.41, 5.74) is 0. The molecule has 0 aliphatic carbocycles. The van der Waals surface area contributed by atoms with Crippen LogP contribution in [0.25, 0.3) is 0 Å². The Morgan fingerprint density at radius 1 is 1.38 bits per heavy atom. The zero-order chi connectivity index (χ0) is 12.6. The summed E-state index contributed by atoms with van der Waals surface area (Å²) < 4.78 is 10.5. The molecule has 0 radical (unpaired) electrons. The molecule has 3 atom stereocenters. The van der Waals surface area contributed by atoms with Gasteiger partial charge in [0.25, 0.3) is 0 Å². The smallest absolute Gasteiger partial charge is 0.188 e. The minimum atomic E-state index is -1.09. The lowest BCUT2D eigenvalue weighted by Gasteiger charge is -2.28. The number of ether oxygens (including phenoxy) is 2. The van der Waals surface area contributed by atoms with E-state index in [9.17, 15) is 5.11 Å². The summed E-state index contributed by atoms with van der Waals surface area (Å²) in [7, 11) is 0. The number of rotatable bonds is 9. The van der Waals surface area contributed by atoms with Crippen LogP contribution in [0.3, 0.4) is 0 Å². The van der Waals surface area contributed by atoms with Crippen molar-refractivity contribution in [2.24, 2.45) is 0 Å². The highest BCUT2D eigenvalue weighted by Gasteiger charge is 2.25. The molecule has 0 aromatic rings. The first-order valence-electron chi connectivity index (χ1n) is 5.31. The Morgan fingerprint density at radius 3 is 2.44 bits per heavy atom. The van der Waals surface area contributed by atoms with E-state index < -0.39 is 18.0 Å². The highest BCUT2D eigenvalue weighted by molar-refractivity contribution is 4.70. The van der Waals surface area contributed by atoms with Gasteiger partial charge in [0.2, 0.25) is 0 Å². The van der Waals surface area contributed by atoms with Crippen LogP contribution in [0.4, 0.5) is 0 Å². The monoisotopic (exact) mass is 234 g/mol. The number of hydrogen-bond acceptors (Lipinski definition) is 5. The van der Waals surface area contributed by atoms with Gasteiger partial charge in [-0.3, -0.25) is 0 Å². The van der Waals surface area contributed by atoms with E-state index in [0.29, 0.717) is 0 Å². The van der Waals surface area contributed by atoms with Gasteiger partial charge in [-0.25, -0.2) is 0 Å². The molecule has 16 heavy (non-hydrogen) atoms. The molecule has 96 valence electrons. The quantitative estimate of drug-likeness (QED) is 0.388. The van der Waals surface area contributed by atoms with Gasteiger partial charge in [-0.1, -0.05) is 6.08 Å². The van der Waals surface area contributed by atoms with E-state index in [0.717, 1.165) is 0 Å². The molecule has 0 heterocycles. The average molecular weight is 234 g/mol. The predicted octanol–water partition coefficient (Wildman–Crippen LogP) is 0.0459. The van der Waals surface area contributed by atoms with Crippen molar-refractivity contribution in [2.75, 3.05) is 19.8 Å². The van der Waals surface area contributed by atoms with E-state index in [-0.39, 0.29) is 26.2 Å². The maximum Gasteiger partial charge on any atom is 0.188 e. The molecule has 0 amide bonds. The van der Waals surface area contributed by atoms with Crippen LogP contribution in [-0.2, 0) is 9.47 Å². The van der Waals surface area contributed by atoms with E-state index in [1.807, 2.05) is 0 Å². The standard InChI is InChI=1S/C11H22O5/c1-4-6-15-11(3,8-12)16-7-5-10(14)9(2)13/h4,9-10,12-14H,1,5-8H2,2-3H3. The summed E-state index contributed by atoms with van der Waals surface area (Å²) in [6.45, 7) is 6.78. The van der Waals surface area contributed by atoms with E-state index in [4.69, 9.17) is 19.7 Å². The van der Waals surface area contributed by atoms with E-state index in [1.165, 1.54) is 6.92 Å². The molecule has 3 N–H and O–H groups in total. The topological polar surface area (TPSA) is 79.2 Å². The SMILES string of the molecule is C=CCOC(C)(CO)OCCC(O)C(C)O. The van der Waals surface area contributed by atoms with Gasteiger partial charge in [0.05, 0.1) is 32.0 Å². The van der Waals surface area contributed by atoms with Gasteiger partial charge >= 0.3 is 0 Å². The summed E-state index contributed by atoms with van der Waals surface area (Å²) >= 11 is 0. The lowest BCUT2D eigenvalue weighted by atomic mass is 10.2. The summed E-state index contributed by atoms with van der Waals surface area (Å²) in [6, 6.07) is 0. The predicted molar refractivity (Wildman–Crippen MR) is 59.9 cm³/mol. The van der Waals surface area contributed by atoms with E-state index >= 15 is 0 Å². The molecule has 5 nitrogen and oxygen atoms in total. The second kappa shape index (κ2) is 7.76. The largest absolute Gasteiger partial charge is 0.391 e. The highest BCUT2D eigenvalue weighted by atomic mass is 16.7. The van der Waals surface area contributed by atoms with Gasteiger partial charge in [-0.05, 0) is 20.3 Å². The van der Waals surface area contributed by atoms with Gasteiger partial charge in [0.1, 0.15) is 0 Å². The third-order valence-corrected chi connectivity index (χ3v) is 2.17. The molecular weight excluding hydrogens is 212 g/mol. The van der Waals surface area contributed by atoms with Crippen molar-refractivity contribution >= 4 is 0 Å². The average Bonchev–Trinajstić information content (AvgIpc) is 2.26. The molecule has 0 aromatic heterocycles. The molecule has 5 heteroatoms. The maximum absolute atomic E-state index is 9.32. The molecule has 0 aliphatic heterocycles. The third kappa shape index (κ3) is 6.19. The summed E-state index contributed by atoms with van der Waals surface area (Å²) in [4.78, 5) is 0. The summed E-state index contributed by atoms with van der Waals surface area (Å²) in [5, 5.41) is 27.5. The number of aliphatic hydroxyl groups is 3. The molecule has 0 rings (SSSR count). The second-order valence-corrected chi connectivity index (χ2v) is 3.84. The minimum Gasteiger partial charge on any atom is -0.391 e. The van der Waals surface area contributed by atoms with Crippen LogP contribution in [0.15, 0.2) is 12.7 Å². The third-order valence-electron chi connectivity index (χ3n) is 2.17. The van der Waals surface area contributed by atoms with Crippen LogP contribution in [0.2, 0.25) is 0 Å². The molecule has 0 spiro atoms. The Hall–Kier alpha value is -0.460. The van der Waals surface area contributed by atoms with E-state index in [1.54, 1.807) is 13.0 Å². The molecule has 3 unspecified atom stereocenters. The van der Waals surface area contributed by atoms with Crippen molar-refractivity contribution in [1.29, 1.82) is 0 Å². The molecule has 0 bridgehead atoms. The second-order valence-electron chi connectivity index (χ2n) is 3.84. The van der Waals surface area contributed by atoms with Crippen LogP contribution >= 0.6 is 0 Å². The van der Waals surface area contributed by atoms with Crippen molar-refractivity contribution in [3.8, 4) is 0 Å². The molecule has 0 aliphatic rings. The highest BCUT2D eigenvalue weighted by Crippen LogP contribution is 2.13. The first-order chi connectivity index (χ1) is 7.45. The van der Waals surface area contributed by atoms with Crippen LogP contribution in [-0.4, -0.2) is 53.1 Å². The fourth-order valence-electron chi connectivity index (χ4n) is 1.00. The van der Waals surface area contributed by atoms with Crippen LogP contribution in [0, 0.1) is 0 Å². The lowest BCUT2D eigenvalue weighted by molar-refractivity contribution is -0.240. The van der Waals surface area contributed by atoms with Crippen LogP contribution in [0.1, 0.15) is 20.3 Å². The Labute approximate surface area is 96.3 Å². The Morgan fingerprint density at radius 2 is 2.00 bits per heavy atom. The molecule has 0 fully saturated rings. The summed E-state index contributed by atoms with van der Waals surface area (Å²) in [6.07, 6.45) is 0.215. The fraction of sp³-hybridized carbons (Fsp3) is 0.818. The molecule has 0 aromatic carbocycles. The van der Waals surface area contributed by atoms with Gasteiger partial charge in [-0.15, -0.1) is 6.58 Å². The summed E-state index contributed by atoms with van der Waals surface area (Å²) in [5.74, 6) is -1.09. The molecule has 0 saturated heterocycles. The van der Waals surface area contributed by atoms with Gasteiger partial charge in [-0.2, -0.15) is 0 Å². The minimum absolute atomic E-state index is 0.195. The maximum atomic E-state index is 9.32. The van der Waals surface area contributed by atoms with Gasteiger partial charge < -0.3 is 24.8 Å². The van der Waals surface area contributed by atoms with Crippen molar-refractivity contribution < 1.29 is 24.8 Å². The van der Waals surface area contributed by atoms with Crippen LogP contribution < -0.4 is 0 Å². The molecular formula is C11H22O5. The zero-order valence-corrected chi connectivity index (χ0v) is 9.93. The van der Waals surface area contributed by atoms with E-state index in [2.05, 4.69) is 6.58 Å². The lowest BCUT2D eigenvalue weighted by Crippen LogP contribution is -2.38. The van der Waals surface area contributed by atoms with Crippen molar-refractivity contribution in [3.63, 3.8) is 0 Å². The first kappa shape index (κ1) is 15.5. The Bertz CT molecular complexity index is 195. The van der Waals surface area contributed by atoms with Crippen molar-refractivity contribution in [3.05, 3.63) is 12.7 Å². The fourth-order valence-corrected chi connectivity index (χ4v) is 1.00. The van der Waals surface area contributed by atoms with Crippen molar-refractivity contribution in [2.45, 2.75) is 38.3 Å². The van der Waals surface area contributed by atoms with Crippen molar-refractivity contribution in [1.82, 2.24) is 0 Å². The Balaban J connectivity index is 3.89. The van der Waals surface area contributed by atoms with Gasteiger partial charge in [0, 0.05) is 0 Å².